The van der Waals surface area contributed by atoms with E-state index in [0.717, 1.165) is 17.0 Å². The molecule has 0 aliphatic carbocycles. The number of aryl methyl sites for hydroxylation is 1. The molecule has 0 saturated heterocycles. The summed E-state index contributed by atoms with van der Waals surface area (Å²) >= 11 is 1.33. The molecule has 1 atom stereocenters. The van der Waals surface area contributed by atoms with Crippen molar-refractivity contribution in [3.63, 3.8) is 0 Å². The van der Waals surface area contributed by atoms with Crippen molar-refractivity contribution >= 4 is 17.2 Å². The minimum absolute atomic E-state index is 0.0472. The minimum Gasteiger partial charge on any atom is -0.386 e. The van der Waals surface area contributed by atoms with Crippen LogP contribution in [-0.2, 0) is 0 Å². The zero-order chi connectivity index (χ0) is 14.7. The molecular weight excluding hydrogens is 284 g/mol. The van der Waals surface area contributed by atoms with Crippen LogP contribution < -0.4 is 5.32 Å². The number of nitrogens with one attached hydrogen (secondary N) is 1. The van der Waals surface area contributed by atoms with Crippen LogP contribution in [0.1, 0.15) is 26.2 Å². The molecule has 2 rings (SSSR count). The van der Waals surface area contributed by atoms with Gasteiger partial charge in [0.25, 0.3) is 5.91 Å². The van der Waals surface area contributed by atoms with Crippen LogP contribution in [0.25, 0.3) is 0 Å². The van der Waals surface area contributed by atoms with Gasteiger partial charge in [-0.05, 0) is 25.1 Å². The Morgan fingerprint density at radius 2 is 2.10 bits per heavy atom. The zero-order valence-electron chi connectivity index (χ0n) is 10.7. The van der Waals surface area contributed by atoms with Crippen LogP contribution >= 0.6 is 11.3 Å². The number of aliphatic hydroxyl groups excluding tert-OH is 1. The average Bonchev–Trinajstić information content (AvgIpc) is 2.82. The topological polar surface area (TPSA) is 49.3 Å². The fourth-order valence-corrected chi connectivity index (χ4v) is 2.50. The molecule has 0 radical (unpaired) electrons. The van der Waals surface area contributed by atoms with Crippen LogP contribution in [0.15, 0.2) is 30.3 Å². The van der Waals surface area contributed by atoms with E-state index in [0.29, 0.717) is 10.9 Å². The highest BCUT2D eigenvalue weighted by Crippen LogP contribution is 2.18. The standard InChI is InChI=1S/C14H13F2NO2S/c1-8-2-5-13(20-8)14(19)17-7-12(18)10-4-3-9(15)6-11(10)16/h2-6,12,18H,7H2,1H3,(H,17,19)/t12-/m1/s1. The Hall–Kier alpha value is -1.79. The van der Waals surface area contributed by atoms with Crippen LogP contribution in [0.2, 0.25) is 0 Å². The molecule has 2 N–H and O–H groups in total. The number of benzene rings is 1. The average molecular weight is 297 g/mol. The number of thiophene rings is 1. The lowest BCUT2D eigenvalue weighted by molar-refractivity contribution is 0.0918. The van der Waals surface area contributed by atoms with Gasteiger partial charge in [0, 0.05) is 23.1 Å². The molecule has 1 aromatic heterocycles. The third kappa shape index (κ3) is 3.40. The minimum atomic E-state index is -1.22. The summed E-state index contributed by atoms with van der Waals surface area (Å²) in [4.78, 5) is 13.3. The van der Waals surface area contributed by atoms with Gasteiger partial charge < -0.3 is 10.4 Å². The predicted molar refractivity (Wildman–Crippen MR) is 72.7 cm³/mol. The molecule has 20 heavy (non-hydrogen) atoms. The van der Waals surface area contributed by atoms with Crippen LogP contribution in [0.3, 0.4) is 0 Å². The van der Waals surface area contributed by atoms with Crippen LogP contribution in [0.4, 0.5) is 8.78 Å². The largest absolute Gasteiger partial charge is 0.386 e. The third-order valence-corrected chi connectivity index (χ3v) is 3.74. The summed E-state index contributed by atoms with van der Waals surface area (Å²) in [7, 11) is 0. The van der Waals surface area contributed by atoms with E-state index >= 15 is 0 Å². The van der Waals surface area contributed by atoms with Gasteiger partial charge >= 0.3 is 0 Å². The second-order valence-corrected chi connectivity index (χ2v) is 5.59. The molecule has 1 heterocycles. The first kappa shape index (κ1) is 14.6. The first-order valence-corrected chi connectivity index (χ1v) is 6.76. The molecule has 0 unspecified atom stereocenters. The SMILES string of the molecule is Cc1ccc(C(=O)NC[C@@H](O)c2ccc(F)cc2F)s1. The van der Waals surface area contributed by atoms with E-state index in [9.17, 15) is 18.7 Å². The smallest absolute Gasteiger partial charge is 0.261 e. The van der Waals surface area contributed by atoms with E-state index in [4.69, 9.17) is 0 Å². The first-order chi connectivity index (χ1) is 9.47. The number of halogens is 2. The van der Waals surface area contributed by atoms with Crippen molar-refractivity contribution in [2.24, 2.45) is 0 Å². The number of hydrogen-bond donors (Lipinski definition) is 2. The Labute approximate surface area is 118 Å². The lowest BCUT2D eigenvalue weighted by Crippen LogP contribution is -2.28. The van der Waals surface area contributed by atoms with Gasteiger partial charge in [-0.3, -0.25) is 4.79 Å². The molecule has 106 valence electrons. The van der Waals surface area contributed by atoms with Gasteiger partial charge in [-0.15, -0.1) is 11.3 Å². The Morgan fingerprint density at radius 1 is 1.35 bits per heavy atom. The van der Waals surface area contributed by atoms with Gasteiger partial charge in [-0.1, -0.05) is 6.07 Å². The zero-order valence-corrected chi connectivity index (χ0v) is 11.5. The Kier molecular flexibility index (Phi) is 4.46. The van der Waals surface area contributed by atoms with E-state index in [1.165, 1.54) is 11.3 Å². The predicted octanol–water partition coefficient (Wildman–Crippen LogP) is 2.80. The van der Waals surface area contributed by atoms with Gasteiger partial charge in [0.05, 0.1) is 11.0 Å². The molecule has 0 aliphatic rings. The number of hydrogen-bond acceptors (Lipinski definition) is 3. The van der Waals surface area contributed by atoms with Gasteiger partial charge in [0.1, 0.15) is 11.6 Å². The summed E-state index contributed by atoms with van der Waals surface area (Å²) in [6.45, 7) is 1.74. The second-order valence-electron chi connectivity index (χ2n) is 4.30. The summed E-state index contributed by atoms with van der Waals surface area (Å²) in [5.41, 5.74) is -0.0472. The molecule has 0 bridgehead atoms. The van der Waals surface area contributed by atoms with Crippen molar-refractivity contribution in [2.75, 3.05) is 6.54 Å². The number of carbonyl (C=O) groups excluding carboxylic acids is 1. The highest BCUT2D eigenvalue weighted by atomic mass is 32.1. The summed E-state index contributed by atoms with van der Waals surface area (Å²) in [5.74, 6) is -1.88. The highest BCUT2D eigenvalue weighted by molar-refractivity contribution is 7.13. The van der Waals surface area contributed by atoms with Crippen molar-refractivity contribution in [1.29, 1.82) is 0 Å². The van der Waals surface area contributed by atoms with E-state index in [2.05, 4.69) is 5.32 Å². The van der Waals surface area contributed by atoms with E-state index in [1.54, 1.807) is 6.07 Å². The second kappa shape index (κ2) is 6.11. The molecule has 0 spiro atoms. The maximum atomic E-state index is 13.4. The summed E-state index contributed by atoms with van der Waals surface area (Å²) in [6, 6.07) is 6.42. The van der Waals surface area contributed by atoms with Gasteiger partial charge in [0.2, 0.25) is 0 Å². The molecule has 3 nitrogen and oxygen atoms in total. The van der Waals surface area contributed by atoms with E-state index < -0.39 is 17.7 Å². The molecule has 0 saturated carbocycles. The van der Waals surface area contributed by atoms with E-state index in [1.807, 2.05) is 13.0 Å². The summed E-state index contributed by atoms with van der Waals surface area (Å²) in [6.07, 6.45) is -1.22. The van der Waals surface area contributed by atoms with Gasteiger partial charge in [0.15, 0.2) is 0 Å². The highest BCUT2D eigenvalue weighted by Gasteiger charge is 2.15. The molecule has 6 heteroatoms. The maximum Gasteiger partial charge on any atom is 0.261 e. The lowest BCUT2D eigenvalue weighted by atomic mass is 10.1. The molecule has 0 fully saturated rings. The summed E-state index contributed by atoms with van der Waals surface area (Å²) in [5, 5.41) is 12.3. The number of rotatable bonds is 4. The first-order valence-electron chi connectivity index (χ1n) is 5.95. The third-order valence-electron chi connectivity index (χ3n) is 2.74. The van der Waals surface area contributed by atoms with Gasteiger partial charge in [-0.25, -0.2) is 8.78 Å². The van der Waals surface area contributed by atoms with Gasteiger partial charge in [-0.2, -0.15) is 0 Å². The number of carbonyl (C=O) groups is 1. The Morgan fingerprint density at radius 3 is 2.70 bits per heavy atom. The van der Waals surface area contributed by atoms with Crippen molar-refractivity contribution in [3.8, 4) is 0 Å². The van der Waals surface area contributed by atoms with Crippen molar-refractivity contribution in [1.82, 2.24) is 5.32 Å². The monoisotopic (exact) mass is 297 g/mol. The van der Waals surface area contributed by atoms with E-state index in [-0.39, 0.29) is 18.0 Å². The summed E-state index contributed by atoms with van der Waals surface area (Å²) < 4.78 is 26.2. The lowest BCUT2D eigenvalue weighted by Gasteiger charge is -2.12. The Bertz CT molecular complexity index is 627. The quantitative estimate of drug-likeness (QED) is 0.911. The fraction of sp³-hybridized carbons (Fsp3) is 0.214. The molecule has 0 aliphatic heterocycles. The van der Waals surface area contributed by atoms with Crippen molar-refractivity contribution in [2.45, 2.75) is 13.0 Å². The van der Waals surface area contributed by atoms with Crippen molar-refractivity contribution in [3.05, 3.63) is 57.3 Å². The molecule has 1 amide bonds. The Balaban J connectivity index is 1.98. The van der Waals surface area contributed by atoms with Crippen LogP contribution in [-0.4, -0.2) is 17.6 Å². The van der Waals surface area contributed by atoms with Crippen LogP contribution in [0.5, 0.6) is 0 Å². The number of amides is 1. The molecular formula is C14H13F2NO2S. The fourth-order valence-electron chi connectivity index (χ4n) is 1.71. The maximum absolute atomic E-state index is 13.4. The normalized spacial score (nSPS) is 12.2. The van der Waals surface area contributed by atoms with Crippen molar-refractivity contribution < 1.29 is 18.7 Å². The molecule has 1 aromatic carbocycles. The van der Waals surface area contributed by atoms with Crippen LogP contribution in [0, 0.1) is 18.6 Å². The number of aliphatic hydroxyl groups is 1. The molecule has 2 aromatic rings.